The molecule has 0 spiro atoms. The second-order valence-corrected chi connectivity index (χ2v) is 1.24. The van der Waals surface area contributed by atoms with Crippen molar-refractivity contribution in [2.24, 2.45) is 0 Å². The molecule has 0 fully saturated rings. The molecule has 2 nitrogen and oxygen atoms in total. The molecule has 0 bridgehead atoms. The molecule has 0 aromatic heterocycles. The average Bonchev–Trinajstić information content (AvgIpc) is 1.68. The molecule has 0 saturated heterocycles. The highest BCUT2D eigenvalue weighted by atomic mass is 16.3. The standard InChI is InChI=1S/C5H8O2/c1-2-3-5(7)4-6/h1,5-7H,3-4H2/t5-/m1/s1. The van der Waals surface area contributed by atoms with Crippen molar-refractivity contribution in [1.29, 1.82) is 0 Å². The molecule has 7 heavy (non-hydrogen) atoms. The van der Waals surface area contributed by atoms with Gasteiger partial charge in [-0.25, -0.2) is 0 Å². The van der Waals surface area contributed by atoms with Crippen LogP contribution in [0.5, 0.6) is 0 Å². The molecule has 0 aromatic carbocycles. The van der Waals surface area contributed by atoms with Crippen LogP contribution in [-0.2, 0) is 0 Å². The van der Waals surface area contributed by atoms with Gasteiger partial charge in [0.15, 0.2) is 0 Å². The fraction of sp³-hybridized carbons (Fsp3) is 0.600. The van der Waals surface area contributed by atoms with E-state index in [0.29, 0.717) is 0 Å². The highest BCUT2D eigenvalue weighted by Crippen LogP contribution is 1.83. The van der Waals surface area contributed by atoms with Crippen LogP contribution in [0.3, 0.4) is 0 Å². The lowest BCUT2D eigenvalue weighted by atomic mass is 10.3. The van der Waals surface area contributed by atoms with Crippen molar-refractivity contribution in [3.8, 4) is 12.3 Å². The highest BCUT2D eigenvalue weighted by molar-refractivity contribution is 4.86. The van der Waals surface area contributed by atoms with Gasteiger partial charge >= 0.3 is 0 Å². The molecule has 0 aromatic rings. The normalized spacial score (nSPS) is 12.7. The zero-order chi connectivity index (χ0) is 5.70. The van der Waals surface area contributed by atoms with Crippen molar-refractivity contribution in [2.75, 3.05) is 6.61 Å². The van der Waals surface area contributed by atoms with Crippen LogP contribution >= 0.6 is 0 Å². The smallest absolute Gasteiger partial charge is 0.0879 e. The van der Waals surface area contributed by atoms with Crippen molar-refractivity contribution in [1.82, 2.24) is 0 Å². The summed E-state index contributed by atoms with van der Waals surface area (Å²) in [7, 11) is 0. The topological polar surface area (TPSA) is 40.5 Å². The Labute approximate surface area is 42.8 Å². The Kier molecular flexibility index (Phi) is 3.39. The van der Waals surface area contributed by atoms with Gasteiger partial charge in [-0.05, 0) is 0 Å². The van der Waals surface area contributed by atoms with E-state index in [2.05, 4.69) is 5.92 Å². The van der Waals surface area contributed by atoms with Crippen molar-refractivity contribution >= 4 is 0 Å². The Balaban J connectivity index is 3.03. The number of aliphatic hydroxyl groups is 2. The maximum Gasteiger partial charge on any atom is 0.0879 e. The Bertz CT molecular complexity index is 72.6. The first-order valence-electron chi connectivity index (χ1n) is 2.03. The predicted octanol–water partition coefficient (Wildman–Crippen LogP) is -0.637. The zero-order valence-electron chi connectivity index (χ0n) is 3.96. The molecule has 0 rings (SSSR count). The summed E-state index contributed by atoms with van der Waals surface area (Å²) in [6.07, 6.45) is 4.29. The van der Waals surface area contributed by atoms with Crippen LogP contribution in [0.25, 0.3) is 0 Å². The molecule has 0 heterocycles. The minimum Gasteiger partial charge on any atom is -0.394 e. The van der Waals surface area contributed by atoms with Crippen LogP contribution in [0.15, 0.2) is 0 Å². The van der Waals surface area contributed by atoms with Gasteiger partial charge in [0.25, 0.3) is 0 Å². The molecule has 1 atom stereocenters. The molecular weight excluding hydrogens is 92.1 g/mol. The fourth-order valence-electron chi connectivity index (χ4n) is 0.201. The van der Waals surface area contributed by atoms with Gasteiger partial charge in [-0.15, -0.1) is 12.3 Å². The van der Waals surface area contributed by atoms with Crippen molar-refractivity contribution < 1.29 is 10.2 Å². The third-order valence-corrected chi connectivity index (χ3v) is 0.564. The lowest BCUT2D eigenvalue weighted by Gasteiger charge is -1.97. The van der Waals surface area contributed by atoms with Gasteiger partial charge in [-0.3, -0.25) is 0 Å². The van der Waals surface area contributed by atoms with Crippen LogP contribution in [-0.4, -0.2) is 22.9 Å². The number of terminal acetylenes is 1. The molecule has 2 N–H and O–H groups in total. The van der Waals surface area contributed by atoms with Gasteiger partial charge in [0.05, 0.1) is 12.7 Å². The quantitative estimate of drug-likeness (QED) is 0.453. The van der Waals surface area contributed by atoms with E-state index in [-0.39, 0.29) is 13.0 Å². The lowest BCUT2D eigenvalue weighted by Crippen LogP contribution is -2.09. The van der Waals surface area contributed by atoms with E-state index in [9.17, 15) is 0 Å². The van der Waals surface area contributed by atoms with E-state index in [1.165, 1.54) is 0 Å². The number of aliphatic hydroxyl groups excluding tert-OH is 2. The lowest BCUT2D eigenvalue weighted by molar-refractivity contribution is 0.0993. The van der Waals surface area contributed by atoms with Gasteiger partial charge in [-0.2, -0.15) is 0 Å². The summed E-state index contributed by atoms with van der Waals surface area (Å²) in [5.41, 5.74) is 0. The van der Waals surface area contributed by atoms with Gasteiger partial charge in [-0.1, -0.05) is 0 Å². The molecule has 40 valence electrons. The number of hydrogen-bond acceptors (Lipinski definition) is 2. The fourth-order valence-corrected chi connectivity index (χ4v) is 0.201. The predicted molar refractivity (Wildman–Crippen MR) is 26.5 cm³/mol. The van der Waals surface area contributed by atoms with E-state index < -0.39 is 6.10 Å². The SMILES string of the molecule is C#CC[C@@H](O)CO. The van der Waals surface area contributed by atoms with Gasteiger partial charge < -0.3 is 10.2 Å². The monoisotopic (exact) mass is 100 g/mol. The molecule has 0 saturated carbocycles. The first-order valence-corrected chi connectivity index (χ1v) is 2.03. The van der Waals surface area contributed by atoms with Crippen molar-refractivity contribution in [3.05, 3.63) is 0 Å². The Hall–Kier alpha value is -0.520. The molecule has 0 aliphatic heterocycles. The van der Waals surface area contributed by atoms with Gasteiger partial charge in [0.2, 0.25) is 0 Å². The van der Waals surface area contributed by atoms with Crippen LogP contribution in [0, 0.1) is 12.3 Å². The van der Waals surface area contributed by atoms with E-state index in [1.54, 1.807) is 0 Å². The first kappa shape index (κ1) is 6.48. The molecule has 0 radical (unpaired) electrons. The van der Waals surface area contributed by atoms with Crippen LogP contribution in [0.1, 0.15) is 6.42 Å². The maximum atomic E-state index is 8.47. The number of hydrogen-bond donors (Lipinski definition) is 2. The maximum absolute atomic E-state index is 8.47. The second-order valence-electron chi connectivity index (χ2n) is 1.24. The van der Waals surface area contributed by atoms with Gasteiger partial charge in [0.1, 0.15) is 0 Å². The molecule has 0 amide bonds. The number of rotatable bonds is 2. The minimum absolute atomic E-state index is 0.233. The van der Waals surface area contributed by atoms with Crippen LogP contribution in [0.2, 0.25) is 0 Å². The first-order chi connectivity index (χ1) is 3.31. The van der Waals surface area contributed by atoms with Crippen molar-refractivity contribution in [3.63, 3.8) is 0 Å². The second kappa shape index (κ2) is 3.66. The summed E-state index contributed by atoms with van der Waals surface area (Å²) < 4.78 is 0. The molecule has 2 heteroatoms. The van der Waals surface area contributed by atoms with Crippen LogP contribution < -0.4 is 0 Å². The third kappa shape index (κ3) is 3.31. The largest absolute Gasteiger partial charge is 0.394 e. The summed E-state index contributed by atoms with van der Waals surface area (Å²) in [5.74, 6) is 2.21. The molecular formula is C5H8O2. The summed E-state index contributed by atoms with van der Waals surface area (Å²) in [4.78, 5) is 0. The van der Waals surface area contributed by atoms with E-state index in [0.717, 1.165) is 0 Å². The molecule has 0 aliphatic rings. The van der Waals surface area contributed by atoms with Crippen molar-refractivity contribution in [2.45, 2.75) is 12.5 Å². The highest BCUT2D eigenvalue weighted by Gasteiger charge is 1.94. The average molecular weight is 100 g/mol. The van der Waals surface area contributed by atoms with Gasteiger partial charge in [0, 0.05) is 6.42 Å². The Morgan fingerprint density at radius 1 is 1.71 bits per heavy atom. The van der Waals surface area contributed by atoms with Crippen LogP contribution in [0.4, 0.5) is 0 Å². The molecule has 0 aliphatic carbocycles. The third-order valence-electron chi connectivity index (χ3n) is 0.564. The Morgan fingerprint density at radius 2 is 2.29 bits per heavy atom. The van der Waals surface area contributed by atoms with E-state index in [1.807, 2.05) is 0 Å². The van der Waals surface area contributed by atoms with E-state index >= 15 is 0 Å². The van der Waals surface area contributed by atoms with E-state index in [4.69, 9.17) is 16.6 Å². The molecule has 0 unspecified atom stereocenters. The minimum atomic E-state index is -0.731. The summed E-state index contributed by atoms with van der Waals surface area (Å²) in [6.45, 7) is -0.246. The summed E-state index contributed by atoms with van der Waals surface area (Å²) in [5, 5.41) is 16.6. The summed E-state index contributed by atoms with van der Waals surface area (Å²) in [6, 6.07) is 0. The Morgan fingerprint density at radius 3 is 2.43 bits per heavy atom. The summed E-state index contributed by atoms with van der Waals surface area (Å²) >= 11 is 0. The zero-order valence-corrected chi connectivity index (χ0v) is 3.96.